The monoisotopic (exact) mass is 408 g/mol. The molecule has 0 amide bonds. The quantitative estimate of drug-likeness (QED) is 0.370. The van der Waals surface area contributed by atoms with Crippen LogP contribution in [0.1, 0.15) is 12.0 Å². The van der Waals surface area contributed by atoms with Gasteiger partial charge in [-0.3, -0.25) is 9.89 Å². The molecule has 0 fully saturated rings. The number of sulfone groups is 1. The molecule has 0 heterocycles. The van der Waals surface area contributed by atoms with E-state index in [-0.39, 0.29) is 4.90 Å². The standard InChI is InChI=1S/C17H27F3N4O2S/c1-21-16(22-10-4-12-24(2)13-17(18,19)20)23-11-9-14-5-7-15(8-6-14)27(3,25)26/h5-8H,4,9-13H2,1-3H3,(H2,21,22,23). The van der Waals surface area contributed by atoms with Gasteiger partial charge in [-0.15, -0.1) is 0 Å². The van der Waals surface area contributed by atoms with Crippen LogP contribution >= 0.6 is 0 Å². The van der Waals surface area contributed by atoms with Gasteiger partial charge in [0.2, 0.25) is 0 Å². The number of halogens is 3. The molecule has 0 spiro atoms. The molecule has 1 rings (SSSR count). The summed E-state index contributed by atoms with van der Waals surface area (Å²) in [4.78, 5) is 5.58. The largest absolute Gasteiger partial charge is 0.401 e. The van der Waals surface area contributed by atoms with Crippen LogP contribution < -0.4 is 10.6 Å². The molecule has 0 bridgehead atoms. The van der Waals surface area contributed by atoms with Gasteiger partial charge < -0.3 is 10.6 Å². The first-order chi connectivity index (χ1) is 12.5. The zero-order valence-electron chi connectivity index (χ0n) is 15.8. The average molecular weight is 408 g/mol. The van der Waals surface area contributed by atoms with Crippen molar-refractivity contribution >= 4 is 15.8 Å². The molecule has 0 saturated carbocycles. The van der Waals surface area contributed by atoms with E-state index >= 15 is 0 Å². The molecule has 2 N–H and O–H groups in total. The number of nitrogens with zero attached hydrogens (tertiary/aromatic N) is 2. The molecule has 154 valence electrons. The van der Waals surface area contributed by atoms with E-state index in [4.69, 9.17) is 0 Å². The predicted molar refractivity (Wildman–Crippen MR) is 101 cm³/mol. The molecule has 6 nitrogen and oxygen atoms in total. The average Bonchev–Trinajstić information content (AvgIpc) is 2.55. The number of alkyl halides is 3. The third kappa shape index (κ3) is 10.2. The smallest absolute Gasteiger partial charge is 0.356 e. The Balaban J connectivity index is 2.28. The lowest BCUT2D eigenvalue weighted by Crippen LogP contribution is -2.40. The van der Waals surface area contributed by atoms with Crippen LogP contribution in [0.4, 0.5) is 13.2 Å². The molecule has 0 atom stereocenters. The van der Waals surface area contributed by atoms with Crippen LogP contribution in [0.5, 0.6) is 0 Å². The Morgan fingerprint density at radius 2 is 1.74 bits per heavy atom. The van der Waals surface area contributed by atoms with E-state index < -0.39 is 22.6 Å². The molecule has 10 heteroatoms. The van der Waals surface area contributed by atoms with Crippen LogP contribution in [0.15, 0.2) is 34.2 Å². The molecule has 0 radical (unpaired) electrons. The summed E-state index contributed by atoms with van der Waals surface area (Å²) in [6.45, 7) is 0.505. The van der Waals surface area contributed by atoms with Crippen molar-refractivity contribution in [1.29, 1.82) is 0 Å². The fourth-order valence-electron chi connectivity index (χ4n) is 2.39. The SMILES string of the molecule is CN=C(NCCCN(C)CC(F)(F)F)NCCc1ccc(S(C)(=O)=O)cc1. The number of nitrogens with one attached hydrogen (secondary N) is 2. The molecule has 0 aliphatic rings. The van der Waals surface area contributed by atoms with E-state index in [1.807, 2.05) is 0 Å². The molecule has 0 saturated heterocycles. The van der Waals surface area contributed by atoms with Gasteiger partial charge in [0.05, 0.1) is 11.4 Å². The Morgan fingerprint density at radius 3 is 2.26 bits per heavy atom. The Kier molecular flexibility index (Phi) is 9.04. The maximum Gasteiger partial charge on any atom is 0.401 e. The zero-order valence-corrected chi connectivity index (χ0v) is 16.6. The minimum atomic E-state index is -4.18. The highest BCUT2D eigenvalue weighted by Crippen LogP contribution is 2.15. The van der Waals surface area contributed by atoms with Crippen LogP contribution in [0, 0.1) is 0 Å². The minimum absolute atomic E-state index is 0.284. The lowest BCUT2D eigenvalue weighted by Gasteiger charge is -2.19. The second kappa shape index (κ2) is 10.5. The molecule has 0 aromatic heterocycles. The van der Waals surface area contributed by atoms with E-state index in [1.54, 1.807) is 31.3 Å². The lowest BCUT2D eigenvalue weighted by atomic mass is 10.1. The van der Waals surface area contributed by atoms with Gasteiger partial charge in [-0.25, -0.2) is 8.42 Å². The van der Waals surface area contributed by atoms with Crippen molar-refractivity contribution in [2.45, 2.75) is 23.9 Å². The molecule has 1 aromatic carbocycles. The normalized spacial score (nSPS) is 13.1. The highest BCUT2D eigenvalue weighted by Gasteiger charge is 2.28. The summed E-state index contributed by atoms with van der Waals surface area (Å²) < 4.78 is 59.6. The van der Waals surface area contributed by atoms with Crippen molar-refractivity contribution in [2.75, 3.05) is 46.5 Å². The summed E-state index contributed by atoms with van der Waals surface area (Å²) in [5.41, 5.74) is 0.985. The molecule has 0 unspecified atom stereocenters. The zero-order chi connectivity index (χ0) is 20.5. The number of guanidine groups is 1. The Morgan fingerprint density at radius 1 is 1.15 bits per heavy atom. The molecule has 1 aromatic rings. The van der Waals surface area contributed by atoms with Gasteiger partial charge >= 0.3 is 6.18 Å². The van der Waals surface area contributed by atoms with E-state index in [0.717, 1.165) is 5.56 Å². The molecule has 0 aliphatic heterocycles. The molecular formula is C17H27F3N4O2S. The van der Waals surface area contributed by atoms with E-state index in [9.17, 15) is 21.6 Å². The maximum atomic E-state index is 12.2. The van der Waals surface area contributed by atoms with Gasteiger partial charge in [-0.05, 0) is 44.1 Å². The summed E-state index contributed by atoms with van der Waals surface area (Å²) in [6.07, 6.45) is -1.78. The summed E-state index contributed by atoms with van der Waals surface area (Å²) in [5, 5.41) is 6.17. The van der Waals surface area contributed by atoms with Crippen molar-refractivity contribution in [3.63, 3.8) is 0 Å². The summed E-state index contributed by atoms with van der Waals surface area (Å²) in [7, 11) is -0.140. The van der Waals surface area contributed by atoms with Gasteiger partial charge in [0.15, 0.2) is 15.8 Å². The van der Waals surface area contributed by atoms with Crippen LogP contribution in [0.25, 0.3) is 0 Å². The predicted octanol–water partition coefficient (Wildman–Crippen LogP) is 1.68. The Labute approximate surface area is 158 Å². The third-order valence-corrected chi connectivity index (χ3v) is 4.87. The second-order valence-electron chi connectivity index (χ2n) is 6.30. The number of benzene rings is 1. The lowest BCUT2D eigenvalue weighted by molar-refractivity contribution is -0.143. The highest BCUT2D eigenvalue weighted by atomic mass is 32.2. The third-order valence-electron chi connectivity index (χ3n) is 3.74. The first-order valence-electron chi connectivity index (χ1n) is 8.50. The van der Waals surface area contributed by atoms with Crippen molar-refractivity contribution < 1.29 is 21.6 Å². The first-order valence-corrected chi connectivity index (χ1v) is 10.4. The van der Waals surface area contributed by atoms with Gasteiger partial charge in [0, 0.05) is 26.4 Å². The van der Waals surface area contributed by atoms with Crippen molar-refractivity contribution in [3.05, 3.63) is 29.8 Å². The molecular weight excluding hydrogens is 381 g/mol. The summed E-state index contributed by atoms with van der Waals surface area (Å²) >= 11 is 0. The minimum Gasteiger partial charge on any atom is -0.356 e. The second-order valence-corrected chi connectivity index (χ2v) is 8.31. The topological polar surface area (TPSA) is 73.8 Å². The molecule has 27 heavy (non-hydrogen) atoms. The summed E-state index contributed by atoms with van der Waals surface area (Å²) in [6, 6.07) is 6.69. The van der Waals surface area contributed by atoms with Gasteiger partial charge in [0.25, 0.3) is 0 Å². The first kappa shape index (κ1) is 23.2. The van der Waals surface area contributed by atoms with Gasteiger partial charge in [-0.1, -0.05) is 12.1 Å². The van der Waals surface area contributed by atoms with Crippen molar-refractivity contribution in [1.82, 2.24) is 15.5 Å². The van der Waals surface area contributed by atoms with Crippen LogP contribution in [-0.2, 0) is 16.3 Å². The van der Waals surface area contributed by atoms with Crippen LogP contribution in [0.3, 0.4) is 0 Å². The highest BCUT2D eigenvalue weighted by molar-refractivity contribution is 7.90. The van der Waals surface area contributed by atoms with Crippen LogP contribution in [-0.4, -0.2) is 72.0 Å². The van der Waals surface area contributed by atoms with Crippen molar-refractivity contribution in [2.24, 2.45) is 4.99 Å². The summed E-state index contributed by atoms with van der Waals surface area (Å²) in [5.74, 6) is 0.571. The van der Waals surface area contributed by atoms with Crippen LogP contribution in [0.2, 0.25) is 0 Å². The Bertz CT molecular complexity index is 704. The van der Waals surface area contributed by atoms with Gasteiger partial charge in [-0.2, -0.15) is 13.2 Å². The molecule has 0 aliphatic carbocycles. The van der Waals surface area contributed by atoms with Crippen molar-refractivity contribution in [3.8, 4) is 0 Å². The fourth-order valence-corrected chi connectivity index (χ4v) is 3.02. The number of hydrogen-bond donors (Lipinski definition) is 2. The maximum absolute atomic E-state index is 12.2. The fraction of sp³-hybridized carbons (Fsp3) is 0.588. The van der Waals surface area contributed by atoms with E-state index in [0.29, 0.717) is 38.4 Å². The van der Waals surface area contributed by atoms with Gasteiger partial charge in [0.1, 0.15) is 0 Å². The number of aliphatic imine (C=N–C) groups is 1. The van der Waals surface area contributed by atoms with E-state index in [2.05, 4.69) is 15.6 Å². The van der Waals surface area contributed by atoms with E-state index in [1.165, 1.54) is 18.2 Å². The number of rotatable bonds is 9. The Hall–Kier alpha value is -1.81. The number of hydrogen-bond acceptors (Lipinski definition) is 4.